The number of nitrogens with one attached hydrogen (secondary N) is 1. The minimum atomic E-state index is 0.396. The van der Waals surface area contributed by atoms with Gasteiger partial charge in [0.1, 0.15) is 0 Å². The molecule has 1 heterocycles. The van der Waals surface area contributed by atoms with Crippen molar-refractivity contribution in [1.82, 2.24) is 20.2 Å². The highest BCUT2D eigenvalue weighted by Gasteiger charge is 2.04. The van der Waals surface area contributed by atoms with Crippen LogP contribution in [0.4, 0.5) is 0 Å². The van der Waals surface area contributed by atoms with E-state index in [9.17, 15) is 0 Å². The molecule has 7 heteroatoms. The standard InChI is InChI=1S/C7H4Br2N4S/c8-4-1-2-6(5(9)3-4)13-7(14)10-11-12-13/h1-3H,(H,10,12,14). The summed E-state index contributed by atoms with van der Waals surface area (Å²) in [5.41, 5.74) is 0.878. The lowest BCUT2D eigenvalue weighted by Gasteiger charge is -2.03. The molecule has 0 amide bonds. The summed E-state index contributed by atoms with van der Waals surface area (Å²) in [5, 5.41) is 10.00. The van der Waals surface area contributed by atoms with E-state index >= 15 is 0 Å². The summed E-state index contributed by atoms with van der Waals surface area (Å²) < 4.78 is 3.92. The molecule has 0 saturated heterocycles. The first kappa shape index (κ1) is 10.0. The Labute approximate surface area is 102 Å². The number of hydrogen-bond acceptors (Lipinski definition) is 3. The van der Waals surface area contributed by atoms with E-state index in [1.807, 2.05) is 18.2 Å². The van der Waals surface area contributed by atoms with Crippen LogP contribution in [0.15, 0.2) is 27.1 Å². The van der Waals surface area contributed by atoms with Crippen molar-refractivity contribution >= 4 is 44.1 Å². The van der Waals surface area contributed by atoms with Crippen LogP contribution in [0.2, 0.25) is 0 Å². The Bertz CT molecular complexity index is 518. The van der Waals surface area contributed by atoms with Gasteiger partial charge in [-0.1, -0.05) is 26.2 Å². The van der Waals surface area contributed by atoms with Gasteiger partial charge in [-0.05, 0) is 46.3 Å². The van der Waals surface area contributed by atoms with Crippen LogP contribution in [0.3, 0.4) is 0 Å². The Morgan fingerprint density at radius 1 is 1.36 bits per heavy atom. The zero-order chi connectivity index (χ0) is 10.1. The van der Waals surface area contributed by atoms with Gasteiger partial charge in [-0.15, -0.1) is 0 Å². The van der Waals surface area contributed by atoms with Crippen LogP contribution in [0.25, 0.3) is 5.69 Å². The number of aromatic amines is 1. The van der Waals surface area contributed by atoms with Gasteiger partial charge in [0.25, 0.3) is 0 Å². The number of hydrogen-bond donors (Lipinski definition) is 1. The van der Waals surface area contributed by atoms with Gasteiger partial charge in [-0.25, -0.2) is 4.68 Å². The topological polar surface area (TPSA) is 46.5 Å². The molecular weight excluding hydrogens is 332 g/mol. The molecule has 0 aliphatic heterocycles. The molecule has 0 bridgehead atoms. The summed E-state index contributed by atoms with van der Waals surface area (Å²) in [6.45, 7) is 0. The Morgan fingerprint density at radius 3 is 2.71 bits per heavy atom. The van der Waals surface area contributed by atoms with Gasteiger partial charge in [0.2, 0.25) is 4.77 Å². The summed E-state index contributed by atoms with van der Waals surface area (Å²) in [6, 6.07) is 5.75. The van der Waals surface area contributed by atoms with Gasteiger partial charge in [-0.3, -0.25) is 0 Å². The monoisotopic (exact) mass is 334 g/mol. The maximum atomic E-state index is 4.99. The molecule has 0 atom stereocenters. The van der Waals surface area contributed by atoms with Crippen molar-refractivity contribution in [3.8, 4) is 5.69 Å². The third-order valence-corrected chi connectivity index (χ3v) is 3.01. The molecule has 0 radical (unpaired) electrons. The third kappa shape index (κ3) is 1.79. The van der Waals surface area contributed by atoms with Crippen LogP contribution >= 0.6 is 44.1 Å². The average Bonchev–Trinajstić information content (AvgIpc) is 2.52. The number of halogens is 2. The van der Waals surface area contributed by atoms with E-state index < -0.39 is 0 Å². The molecule has 4 nitrogen and oxygen atoms in total. The Balaban J connectivity index is 2.63. The summed E-state index contributed by atoms with van der Waals surface area (Å²) >= 11 is 11.8. The van der Waals surface area contributed by atoms with E-state index in [1.54, 1.807) is 4.68 Å². The van der Waals surface area contributed by atoms with E-state index in [-0.39, 0.29) is 0 Å². The molecule has 72 valence electrons. The highest BCUT2D eigenvalue weighted by molar-refractivity contribution is 9.11. The van der Waals surface area contributed by atoms with Crippen LogP contribution in [0, 0.1) is 4.77 Å². The van der Waals surface area contributed by atoms with Gasteiger partial charge in [0, 0.05) is 8.95 Å². The minimum Gasteiger partial charge on any atom is -0.208 e. The SMILES string of the molecule is S=c1nn[nH]n1-c1ccc(Br)cc1Br. The van der Waals surface area contributed by atoms with Gasteiger partial charge in [-0.2, -0.15) is 5.21 Å². The quantitative estimate of drug-likeness (QED) is 0.815. The maximum absolute atomic E-state index is 4.99. The van der Waals surface area contributed by atoms with Crippen LogP contribution in [0.1, 0.15) is 0 Å². The zero-order valence-electron chi connectivity index (χ0n) is 6.74. The predicted molar refractivity (Wildman–Crippen MR) is 61.9 cm³/mol. The summed E-state index contributed by atoms with van der Waals surface area (Å²) in [6.07, 6.45) is 0. The molecule has 0 aliphatic carbocycles. The molecule has 0 unspecified atom stereocenters. The molecular formula is C7H4Br2N4S. The van der Waals surface area contributed by atoms with Crippen molar-refractivity contribution in [3.05, 3.63) is 31.9 Å². The third-order valence-electron chi connectivity index (χ3n) is 1.62. The van der Waals surface area contributed by atoms with Crippen LogP contribution in [-0.4, -0.2) is 20.2 Å². The number of H-pyrrole nitrogens is 1. The van der Waals surface area contributed by atoms with Gasteiger partial charge in [0.05, 0.1) is 5.69 Å². The second-order valence-corrected chi connectivity index (χ2v) is 4.65. The number of aromatic nitrogens is 4. The highest BCUT2D eigenvalue weighted by atomic mass is 79.9. The van der Waals surface area contributed by atoms with E-state index in [0.717, 1.165) is 14.6 Å². The fourth-order valence-electron chi connectivity index (χ4n) is 1.02. The first-order valence-electron chi connectivity index (χ1n) is 3.64. The first-order valence-corrected chi connectivity index (χ1v) is 5.63. The molecule has 0 saturated carbocycles. The Kier molecular flexibility index (Phi) is 2.80. The molecule has 0 aliphatic rings. The maximum Gasteiger partial charge on any atom is 0.242 e. The van der Waals surface area contributed by atoms with E-state index in [1.165, 1.54) is 0 Å². The van der Waals surface area contributed by atoms with E-state index in [0.29, 0.717) is 4.77 Å². The molecule has 1 aromatic carbocycles. The van der Waals surface area contributed by atoms with Crippen molar-refractivity contribution in [2.24, 2.45) is 0 Å². The minimum absolute atomic E-state index is 0.396. The second-order valence-electron chi connectivity index (χ2n) is 2.51. The summed E-state index contributed by atoms with van der Waals surface area (Å²) in [4.78, 5) is 0. The lowest BCUT2D eigenvalue weighted by molar-refractivity contribution is 0.783. The largest absolute Gasteiger partial charge is 0.242 e. The zero-order valence-corrected chi connectivity index (χ0v) is 10.7. The van der Waals surface area contributed by atoms with Crippen molar-refractivity contribution in [2.75, 3.05) is 0 Å². The van der Waals surface area contributed by atoms with Gasteiger partial charge >= 0.3 is 0 Å². The number of benzene rings is 1. The van der Waals surface area contributed by atoms with Gasteiger partial charge in [0.15, 0.2) is 0 Å². The van der Waals surface area contributed by atoms with E-state index in [4.69, 9.17) is 12.2 Å². The molecule has 14 heavy (non-hydrogen) atoms. The number of nitrogens with zero attached hydrogens (tertiary/aromatic N) is 3. The second kappa shape index (κ2) is 3.92. The van der Waals surface area contributed by atoms with E-state index in [2.05, 4.69) is 47.4 Å². The lowest BCUT2D eigenvalue weighted by Crippen LogP contribution is -1.97. The fourth-order valence-corrected chi connectivity index (χ4v) is 2.42. The number of rotatable bonds is 1. The summed E-state index contributed by atoms with van der Waals surface area (Å²) in [7, 11) is 0. The lowest BCUT2D eigenvalue weighted by atomic mass is 10.3. The molecule has 2 aromatic rings. The average molecular weight is 336 g/mol. The van der Waals surface area contributed by atoms with Crippen LogP contribution in [0.5, 0.6) is 0 Å². The van der Waals surface area contributed by atoms with Gasteiger partial charge < -0.3 is 0 Å². The molecule has 1 N–H and O–H groups in total. The highest BCUT2D eigenvalue weighted by Crippen LogP contribution is 2.24. The molecule has 0 fully saturated rings. The van der Waals surface area contributed by atoms with Crippen molar-refractivity contribution in [2.45, 2.75) is 0 Å². The summed E-state index contributed by atoms with van der Waals surface area (Å²) in [5.74, 6) is 0. The first-order chi connectivity index (χ1) is 6.68. The molecule has 0 spiro atoms. The Morgan fingerprint density at radius 2 is 2.14 bits per heavy atom. The normalized spacial score (nSPS) is 10.4. The predicted octanol–water partition coefficient (Wildman–Crippen LogP) is 2.85. The Hall–Kier alpha value is -0.530. The smallest absolute Gasteiger partial charge is 0.208 e. The molecule has 1 aromatic heterocycles. The van der Waals surface area contributed by atoms with Crippen LogP contribution < -0.4 is 0 Å². The molecule has 2 rings (SSSR count). The van der Waals surface area contributed by atoms with Crippen molar-refractivity contribution in [3.63, 3.8) is 0 Å². The van der Waals surface area contributed by atoms with Crippen molar-refractivity contribution < 1.29 is 0 Å². The van der Waals surface area contributed by atoms with Crippen LogP contribution in [-0.2, 0) is 0 Å². The van der Waals surface area contributed by atoms with Crippen molar-refractivity contribution in [1.29, 1.82) is 0 Å². The number of tetrazole rings is 1. The fraction of sp³-hybridized carbons (Fsp3) is 0.